The van der Waals surface area contributed by atoms with E-state index < -0.39 is 12.3 Å². The Kier molecular flexibility index (Phi) is 9.80. The Hall–Kier alpha value is -1.07. The van der Waals surface area contributed by atoms with Crippen molar-refractivity contribution in [1.82, 2.24) is 14.8 Å². The molecule has 7 heteroatoms. The number of nitrogens with zero attached hydrogens (tertiary/aromatic N) is 3. The van der Waals surface area contributed by atoms with Crippen LogP contribution in [-0.4, -0.2) is 26.0 Å². The molecule has 1 heterocycles. The maximum Gasteiger partial charge on any atom is 2.00 e. The van der Waals surface area contributed by atoms with Crippen LogP contribution in [0.2, 0.25) is 5.02 Å². The summed E-state index contributed by atoms with van der Waals surface area (Å²) in [5, 5.41) is 15.2. The summed E-state index contributed by atoms with van der Waals surface area (Å²) in [6, 6.07) is 5.48. The number of aryl methyl sites for hydroxylation is 1. The molecule has 0 bridgehead atoms. The molecule has 1 N–H and O–H groups in total. The minimum Gasteiger partial charge on any atom is -0.464 e. The van der Waals surface area contributed by atoms with Gasteiger partial charge in [0.25, 0.3) is 0 Å². The summed E-state index contributed by atoms with van der Waals surface area (Å²) >= 11 is 6.18. The first-order valence-electron chi connectivity index (χ1n) is 8.48. The van der Waals surface area contributed by atoms with Gasteiger partial charge in [-0.05, 0) is 82.4 Å². The molecule has 2 aliphatic carbocycles. The Labute approximate surface area is 183 Å². The van der Waals surface area contributed by atoms with Gasteiger partial charge in [-0.1, -0.05) is 17.7 Å². The third-order valence-electron chi connectivity index (χ3n) is 3.89. The number of rotatable bonds is 5. The second kappa shape index (κ2) is 11.8. The molecule has 1 aromatic carbocycles. The molecule has 10 radical (unpaired) electrons. The number of hydrogen-bond acceptors (Lipinski definition) is 4. The molecule has 5 nitrogen and oxygen atoms in total. The first kappa shape index (κ1) is 23.2. The van der Waals surface area contributed by atoms with Crippen LogP contribution >= 0.6 is 11.6 Å². The van der Waals surface area contributed by atoms with Crippen LogP contribution < -0.4 is 4.74 Å². The van der Waals surface area contributed by atoms with Gasteiger partial charge in [-0.3, -0.25) is 0 Å². The SMILES string of the molecule is Cc1ccc(Cl)c(OC(C(O)[C]2[CH][CH][CH][CH]2)n2cncn2)c1.[CH]1[CH][CH][CH][CH]1.[Fe+2]. The molecule has 2 unspecified atom stereocenters. The Bertz CT molecular complexity index is 681. The second-order valence-electron chi connectivity index (χ2n) is 5.94. The van der Waals surface area contributed by atoms with Crippen molar-refractivity contribution in [3.8, 4) is 5.75 Å². The van der Waals surface area contributed by atoms with Gasteiger partial charge in [-0.25, -0.2) is 9.67 Å². The van der Waals surface area contributed by atoms with Gasteiger partial charge in [-0.15, -0.1) is 0 Å². The Morgan fingerprint density at radius 3 is 2.25 bits per heavy atom. The van der Waals surface area contributed by atoms with E-state index in [4.69, 9.17) is 16.3 Å². The summed E-state index contributed by atoms with van der Waals surface area (Å²) < 4.78 is 7.40. The molecule has 0 amide bonds. The Balaban J connectivity index is 0.000000408. The smallest absolute Gasteiger partial charge is 0.464 e. The summed E-state index contributed by atoms with van der Waals surface area (Å²) in [6.45, 7) is 1.95. The van der Waals surface area contributed by atoms with E-state index in [0.29, 0.717) is 10.8 Å². The van der Waals surface area contributed by atoms with Crippen molar-refractivity contribution >= 4 is 11.6 Å². The van der Waals surface area contributed by atoms with E-state index in [2.05, 4.69) is 10.1 Å². The van der Waals surface area contributed by atoms with Gasteiger partial charge in [-0.2, -0.15) is 5.10 Å². The van der Waals surface area contributed by atoms with Crippen molar-refractivity contribution in [2.24, 2.45) is 0 Å². The van der Waals surface area contributed by atoms with E-state index in [1.54, 1.807) is 6.07 Å². The second-order valence-corrected chi connectivity index (χ2v) is 6.35. The minimum absolute atomic E-state index is 0. The van der Waals surface area contributed by atoms with Crippen molar-refractivity contribution in [3.05, 3.63) is 105 Å². The largest absolute Gasteiger partial charge is 2.00 e. The molecule has 0 aliphatic heterocycles. The van der Waals surface area contributed by atoms with Gasteiger partial charge in [0.1, 0.15) is 24.5 Å². The molecule has 2 aromatic rings. The average Bonchev–Trinajstić information content (AvgIpc) is 3.46. The van der Waals surface area contributed by atoms with Gasteiger partial charge in [0.15, 0.2) is 0 Å². The third kappa shape index (κ3) is 6.48. The zero-order valence-corrected chi connectivity index (χ0v) is 17.0. The van der Waals surface area contributed by atoms with Crippen LogP contribution in [0.1, 0.15) is 11.8 Å². The van der Waals surface area contributed by atoms with Gasteiger partial charge in [0.05, 0.1) is 5.02 Å². The molecule has 2 saturated carbocycles. The minimum atomic E-state index is -0.895. The molecular formula is C21H20ClFeN3O2+2. The summed E-state index contributed by atoms with van der Waals surface area (Å²) in [4.78, 5) is 3.92. The summed E-state index contributed by atoms with van der Waals surface area (Å²) in [5.74, 6) is 1.23. The number of aliphatic hydroxyl groups is 1. The van der Waals surface area contributed by atoms with E-state index in [9.17, 15) is 5.11 Å². The van der Waals surface area contributed by atoms with Gasteiger partial charge < -0.3 is 9.84 Å². The van der Waals surface area contributed by atoms with E-state index in [0.717, 1.165) is 11.5 Å². The molecule has 2 atom stereocenters. The standard InChI is InChI=1S/C16H15ClN3O2.C5H5.Fe/c1-11-6-7-13(17)14(8-11)22-16(20-10-18-9-19-20)15(21)12-4-2-3-5-12;1-2-4-5-3-1;/h2-10,15-16,21H,1H3;1-5H;/q;;+2. The van der Waals surface area contributed by atoms with Crippen molar-refractivity contribution in [2.75, 3.05) is 0 Å². The van der Waals surface area contributed by atoms with Crippen molar-refractivity contribution in [1.29, 1.82) is 0 Å². The quantitative estimate of drug-likeness (QED) is 0.726. The predicted octanol–water partition coefficient (Wildman–Crippen LogP) is 3.60. The fourth-order valence-corrected chi connectivity index (χ4v) is 2.68. The van der Waals surface area contributed by atoms with Crippen molar-refractivity contribution in [2.45, 2.75) is 19.3 Å². The van der Waals surface area contributed by atoms with E-state index in [1.165, 1.54) is 17.3 Å². The van der Waals surface area contributed by atoms with Gasteiger partial charge in [0, 0.05) is 5.92 Å². The molecular weight excluding hydrogens is 418 g/mol. The first-order chi connectivity index (χ1) is 13.1. The van der Waals surface area contributed by atoms with Crippen LogP contribution in [0.5, 0.6) is 5.75 Å². The van der Waals surface area contributed by atoms with Gasteiger partial charge >= 0.3 is 17.1 Å². The maximum atomic E-state index is 10.6. The van der Waals surface area contributed by atoms with E-state index >= 15 is 0 Å². The monoisotopic (exact) mass is 437 g/mol. The molecule has 28 heavy (non-hydrogen) atoms. The number of aromatic nitrogens is 3. The zero-order valence-electron chi connectivity index (χ0n) is 15.2. The van der Waals surface area contributed by atoms with Crippen molar-refractivity contribution < 1.29 is 26.9 Å². The number of benzene rings is 1. The molecule has 1 aromatic heterocycles. The molecule has 2 fully saturated rings. The van der Waals surface area contributed by atoms with Gasteiger partial charge in [0.2, 0.25) is 6.23 Å². The van der Waals surface area contributed by atoms with Crippen LogP contribution in [0.15, 0.2) is 30.9 Å². The van der Waals surface area contributed by atoms with Crippen LogP contribution in [0.3, 0.4) is 0 Å². The number of hydrogen-bond donors (Lipinski definition) is 1. The molecule has 0 saturated heterocycles. The van der Waals surface area contributed by atoms with Crippen LogP contribution in [0, 0.1) is 70.6 Å². The molecule has 2 aliphatic rings. The predicted molar refractivity (Wildman–Crippen MR) is 104 cm³/mol. The fourth-order valence-electron chi connectivity index (χ4n) is 2.51. The normalized spacial score (nSPS) is 18.7. The average molecular weight is 438 g/mol. The van der Waals surface area contributed by atoms with Crippen LogP contribution in [0.25, 0.3) is 0 Å². The number of halogens is 1. The molecule has 144 valence electrons. The summed E-state index contributed by atoms with van der Waals surface area (Å²) in [6.07, 6.45) is 18.6. The van der Waals surface area contributed by atoms with Crippen LogP contribution in [0.4, 0.5) is 0 Å². The fraction of sp³-hybridized carbons (Fsp3) is 0.143. The molecule has 4 rings (SSSR count). The van der Waals surface area contributed by atoms with Crippen molar-refractivity contribution in [3.63, 3.8) is 0 Å². The summed E-state index contributed by atoms with van der Waals surface area (Å²) in [7, 11) is 0. The van der Waals surface area contributed by atoms with E-state index in [1.807, 2.05) is 76.8 Å². The number of aliphatic hydroxyl groups excluding tert-OH is 1. The summed E-state index contributed by atoms with van der Waals surface area (Å²) in [5.41, 5.74) is 1.01. The Morgan fingerprint density at radius 1 is 1.04 bits per heavy atom. The zero-order chi connectivity index (χ0) is 19.1. The molecule has 0 spiro atoms. The Morgan fingerprint density at radius 2 is 1.68 bits per heavy atom. The topological polar surface area (TPSA) is 60.2 Å². The first-order valence-corrected chi connectivity index (χ1v) is 8.86. The van der Waals surface area contributed by atoms with E-state index in [-0.39, 0.29) is 17.1 Å². The van der Waals surface area contributed by atoms with Crippen LogP contribution in [-0.2, 0) is 17.1 Å². The maximum absolute atomic E-state index is 10.6. The number of ether oxygens (including phenoxy) is 1. The third-order valence-corrected chi connectivity index (χ3v) is 4.20.